The van der Waals surface area contributed by atoms with E-state index in [0.717, 1.165) is 43.6 Å². The van der Waals surface area contributed by atoms with Crippen LogP contribution < -0.4 is 9.64 Å². The van der Waals surface area contributed by atoms with Crippen LogP contribution in [0, 0.1) is 0 Å². The second kappa shape index (κ2) is 7.92. The van der Waals surface area contributed by atoms with Crippen molar-refractivity contribution in [2.24, 2.45) is 4.99 Å². The number of methoxy groups -OCH3 is 2. The first-order valence-electron chi connectivity index (χ1n) is 8.62. The van der Waals surface area contributed by atoms with Gasteiger partial charge >= 0.3 is 12.1 Å². The molecule has 0 atom stereocenters. The minimum atomic E-state index is -4.56. The lowest BCUT2D eigenvalue weighted by Gasteiger charge is -2.20. The van der Waals surface area contributed by atoms with Crippen LogP contribution in [0.1, 0.15) is 28.8 Å². The summed E-state index contributed by atoms with van der Waals surface area (Å²) in [5.41, 5.74) is -0.0967. The summed E-state index contributed by atoms with van der Waals surface area (Å²) in [5.74, 6) is 0.534. The maximum Gasteiger partial charge on any atom is 0.416 e. The van der Waals surface area contributed by atoms with Gasteiger partial charge in [-0.15, -0.1) is 0 Å². The molecule has 0 bridgehead atoms. The lowest BCUT2D eigenvalue weighted by atomic mass is 10.1. The van der Waals surface area contributed by atoms with Crippen LogP contribution >= 0.6 is 0 Å². The fourth-order valence-corrected chi connectivity index (χ4v) is 3.04. The Hall–Kier alpha value is -3.03. The standard InChI is InChI=1S/C20H19F3N2O3/c1-27-15-8-6-14(7-9-15)25-11-3-4-18(25)24-17-10-5-13(20(21,22)23)12-16(17)19(26)28-2/h5-10,12H,3-4,11H2,1-2H3/b24-18+. The van der Waals surface area contributed by atoms with E-state index in [4.69, 9.17) is 4.74 Å². The van der Waals surface area contributed by atoms with Gasteiger partial charge in [0, 0.05) is 18.7 Å². The number of carbonyl (C=O) groups is 1. The third-order valence-corrected chi connectivity index (χ3v) is 4.46. The number of anilines is 1. The van der Waals surface area contributed by atoms with Crippen LogP contribution in [0.5, 0.6) is 5.75 Å². The van der Waals surface area contributed by atoms with E-state index >= 15 is 0 Å². The van der Waals surface area contributed by atoms with Crippen LogP contribution in [0.4, 0.5) is 24.5 Å². The van der Waals surface area contributed by atoms with E-state index in [-0.39, 0.29) is 11.3 Å². The topological polar surface area (TPSA) is 51.1 Å². The van der Waals surface area contributed by atoms with Crippen molar-refractivity contribution in [2.45, 2.75) is 19.0 Å². The highest BCUT2D eigenvalue weighted by Gasteiger charge is 2.32. The first-order chi connectivity index (χ1) is 13.3. The summed E-state index contributed by atoms with van der Waals surface area (Å²) in [6, 6.07) is 10.3. The zero-order chi connectivity index (χ0) is 20.3. The third kappa shape index (κ3) is 4.11. The highest BCUT2D eigenvalue weighted by molar-refractivity contribution is 6.03. The second-order valence-electron chi connectivity index (χ2n) is 6.20. The molecular formula is C20H19F3N2O3. The Morgan fingerprint density at radius 1 is 1.11 bits per heavy atom. The van der Waals surface area contributed by atoms with Gasteiger partial charge in [0.25, 0.3) is 0 Å². The Labute approximate surface area is 160 Å². The summed E-state index contributed by atoms with van der Waals surface area (Å²) in [5, 5.41) is 0. The first kappa shape index (κ1) is 19.7. The van der Waals surface area contributed by atoms with Crippen LogP contribution in [0.3, 0.4) is 0 Å². The quantitative estimate of drug-likeness (QED) is 0.700. The number of benzene rings is 2. The molecule has 0 aromatic heterocycles. The van der Waals surface area contributed by atoms with Crippen molar-refractivity contribution in [2.75, 3.05) is 25.7 Å². The number of carbonyl (C=O) groups excluding carboxylic acids is 1. The first-order valence-corrected chi connectivity index (χ1v) is 8.62. The van der Waals surface area contributed by atoms with Crippen LogP contribution in [-0.2, 0) is 10.9 Å². The molecular weight excluding hydrogens is 373 g/mol. The van der Waals surface area contributed by atoms with Gasteiger partial charge in [-0.1, -0.05) is 0 Å². The fourth-order valence-electron chi connectivity index (χ4n) is 3.04. The number of hydrogen-bond donors (Lipinski definition) is 0. The Balaban J connectivity index is 1.99. The van der Waals surface area contributed by atoms with Gasteiger partial charge in [-0.05, 0) is 48.9 Å². The summed E-state index contributed by atoms with van der Waals surface area (Å²) in [7, 11) is 2.70. The Bertz CT molecular complexity index is 893. The summed E-state index contributed by atoms with van der Waals surface area (Å²) in [4.78, 5) is 18.5. The predicted octanol–water partition coefficient (Wildman–Crippen LogP) is 4.83. The zero-order valence-corrected chi connectivity index (χ0v) is 15.4. The molecule has 0 N–H and O–H groups in total. The minimum Gasteiger partial charge on any atom is -0.497 e. The summed E-state index contributed by atoms with van der Waals surface area (Å²) in [6.45, 7) is 0.722. The van der Waals surface area contributed by atoms with Crippen molar-refractivity contribution >= 4 is 23.2 Å². The van der Waals surface area contributed by atoms with Gasteiger partial charge in [0.1, 0.15) is 11.6 Å². The lowest BCUT2D eigenvalue weighted by molar-refractivity contribution is -0.137. The Morgan fingerprint density at radius 3 is 2.43 bits per heavy atom. The van der Waals surface area contributed by atoms with Crippen LogP contribution in [0.2, 0.25) is 0 Å². The Kier molecular flexibility index (Phi) is 5.58. The second-order valence-corrected chi connectivity index (χ2v) is 6.20. The van der Waals surface area contributed by atoms with E-state index < -0.39 is 17.7 Å². The molecule has 28 heavy (non-hydrogen) atoms. The summed E-state index contributed by atoms with van der Waals surface area (Å²) < 4.78 is 48.8. The van der Waals surface area contributed by atoms with Crippen LogP contribution in [-0.4, -0.2) is 32.6 Å². The number of nitrogens with zero attached hydrogens (tertiary/aromatic N) is 2. The van der Waals surface area contributed by atoms with Gasteiger partial charge in [-0.3, -0.25) is 0 Å². The molecule has 0 spiro atoms. The average Bonchev–Trinajstić information content (AvgIpc) is 3.15. The minimum absolute atomic E-state index is 0.148. The molecule has 5 nitrogen and oxygen atoms in total. The molecule has 0 amide bonds. The fraction of sp³-hybridized carbons (Fsp3) is 0.300. The van der Waals surface area contributed by atoms with Crippen LogP contribution in [0.25, 0.3) is 0 Å². The normalized spacial score (nSPS) is 15.8. The molecule has 3 rings (SSSR count). The van der Waals surface area contributed by atoms with Crippen molar-refractivity contribution in [3.05, 3.63) is 53.6 Å². The average molecular weight is 392 g/mol. The molecule has 0 radical (unpaired) electrons. The molecule has 148 valence electrons. The number of aliphatic imine (C=N–C) groups is 1. The monoisotopic (exact) mass is 392 g/mol. The van der Waals surface area contributed by atoms with Crippen LogP contribution in [0.15, 0.2) is 47.5 Å². The van der Waals surface area contributed by atoms with Gasteiger partial charge in [-0.25, -0.2) is 9.79 Å². The van der Waals surface area contributed by atoms with E-state index in [2.05, 4.69) is 9.73 Å². The maximum absolute atomic E-state index is 13.0. The lowest BCUT2D eigenvalue weighted by Crippen LogP contribution is -2.24. The Morgan fingerprint density at radius 2 is 1.82 bits per heavy atom. The highest BCUT2D eigenvalue weighted by atomic mass is 19.4. The number of hydrogen-bond acceptors (Lipinski definition) is 4. The number of alkyl halides is 3. The molecule has 1 aliphatic rings. The van der Waals surface area contributed by atoms with E-state index in [1.165, 1.54) is 6.07 Å². The molecule has 1 fully saturated rings. The molecule has 0 aliphatic carbocycles. The van der Waals surface area contributed by atoms with Gasteiger partial charge in [0.15, 0.2) is 0 Å². The van der Waals surface area contributed by atoms with Crippen molar-refractivity contribution < 1.29 is 27.4 Å². The number of amidine groups is 1. The molecule has 1 saturated heterocycles. The van der Waals surface area contributed by atoms with Crippen molar-refractivity contribution in [3.63, 3.8) is 0 Å². The highest BCUT2D eigenvalue weighted by Crippen LogP contribution is 2.34. The predicted molar refractivity (Wildman–Crippen MR) is 99.5 cm³/mol. The molecule has 2 aromatic rings. The van der Waals surface area contributed by atoms with Gasteiger partial charge in [-0.2, -0.15) is 13.2 Å². The van der Waals surface area contributed by atoms with Gasteiger partial charge in [0.2, 0.25) is 0 Å². The van der Waals surface area contributed by atoms with Crippen molar-refractivity contribution in [3.8, 4) is 5.75 Å². The van der Waals surface area contributed by atoms with E-state index in [1.807, 2.05) is 29.2 Å². The SMILES string of the molecule is COC(=O)c1cc(C(F)(F)F)ccc1/N=C1\CCCN1c1ccc(OC)cc1. The molecule has 0 saturated carbocycles. The molecule has 0 unspecified atom stereocenters. The number of halogens is 3. The maximum atomic E-state index is 13.0. The van der Waals surface area contributed by atoms with E-state index in [1.54, 1.807) is 7.11 Å². The molecule has 1 aliphatic heterocycles. The van der Waals surface area contributed by atoms with E-state index in [9.17, 15) is 18.0 Å². The van der Waals surface area contributed by atoms with E-state index in [0.29, 0.717) is 12.3 Å². The number of rotatable bonds is 4. The summed E-state index contributed by atoms with van der Waals surface area (Å²) in [6.07, 6.45) is -3.07. The number of ether oxygens (including phenoxy) is 2. The third-order valence-electron chi connectivity index (χ3n) is 4.46. The number of esters is 1. The van der Waals surface area contributed by atoms with Gasteiger partial charge < -0.3 is 14.4 Å². The molecule has 8 heteroatoms. The smallest absolute Gasteiger partial charge is 0.416 e. The van der Waals surface area contributed by atoms with Crippen molar-refractivity contribution in [1.82, 2.24) is 0 Å². The van der Waals surface area contributed by atoms with Crippen molar-refractivity contribution in [1.29, 1.82) is 0 Å². The zero-order valence-electron chi connectivity index (χ0n) is 15.4. The summed E-state index contributed by atoms with van der Waals surface area (Å²) >= 11 is 0. The molecule has 2 aromatic carbocycles. The molecule has 1 heterocycles. The van der Waals surface area contributed by atoms with Gasteiger partial charge in [0.05, 0.1) is 31.0 Å². The largest absolute Gasteiger partial charge is 0.497 e.